The molecule has 0 radical (unpaired) electrons. The normalized spacial score (nSPS) is 24.6. The van der Waals surface area contributed by atoms with E-state index in [-0.39, 0.29) is 12.1 Å². The minimum absolute atomic E-state index is 0.123. The van der Waals surface area contributed by atoms with Crippen LogP contribution in [0.2, 0.25) is 5.02 Å². The van der Waals surface area contributed by atoms with Crippen molar-refractivity contribution in [2.24, 2.45) is 5.73 Å². The number of benzene rings is 1. The molecule has 0 saturated carbocycles. The van der Waals surface area contributed by atoms with Crippen molar-refractivity contribution in [1.82, 2.24) is 4.90 Å². The number of piperidine rings is 1. The monoisotopic (exact) mass is 346 g/mol. The van der Waals surface area contributed by atoms with E-state index in [4.69, 9.17) is 22.1 Å². The molecule has 1 fully saturated rings. The van der Waals surface area contributed by atoms with E-state index < -0.39 is 0 Å². The number of hydrogen-bond acceptors (Lipinski definition) is 3. The Balaban J connectivity index is 2.27. The third kappa shape index (κ3) is 3.70. The Hall–Kier alpha value is -0.130. The third-order valence-corrected chi connectivity index (χ3v) is 4.48. The van der Waals surface area contributed by atoms with Crippen molar-refractivity contribution in [2.45, 2.75) is 24.9 Å². The lowest BCUT2D eigenvalue weighted by atomic mass is 9.91. The fraction of sp³-hybridized carbons (Fsp3) is 0.571. The maximum Gasteiger partial charge on any atom is 0.0589 e. The maximum atomic E-state index is 6.36. The second-order valence-corrected chi connectivity index (χ2v) is 6.27. The van der Waals surface area contributed by atoms with Crippen LogP contribution >= 0.6 is 27.5 Å². The summed E-state index contributed by atoms with van der Waals surface area (Å²) in [6.45, 7) is 2.65. The molecule has 0 spiro atoms. The lowest BCUT2D eigenvalue weighted by Gasteiger charge is -2.40. The summed E-state index contributed by atoms with van der Waals surface area (Å²) >= 11 is 9.87. The van der Waals surface area contributed by atoms with E-state index >= 15 is 0 Å². The van der Waals surface area contributed by atoms with Crippen LogP contribution in [-0.2, 0) is 4.74 Å². The van der Waals surface area contributed by atoms with Crippen molar-refractivity contribution >= 4 is 27.5 Å². The molecule has 2 N–H and O–H groups in total. The zero-order valence-corrected chi connectivity index (χ0v) is 13.5. The van der Waals surface area contributed by atoms with Gasteiger partial charge in [0.25, 0.3) is 0 Å². The molecule has 1 heterocycles. The standard InChI is InChI=1S/C14H20BrClN2O/c1-19-8-7-18-6-2-3-13(17)14(18)11-9-10(15)4-5-12(11)16/h4-5,9,13-14H,2-3,6-8,17H2,1H3. The van der Waals surface area contributed by atoms with E-state index in [1.54, 1.807) is 7.11 Å². The third-order valence-electron chi connectivity index (χ3n) is 3.64. The first-order valence-corrected chi connectivity index (χ1v) is 7.74. The number of nitrogens with two attached hydrogens (primary N) is 1. The molecule has 2 atom stereocenters. The van der Waals surface area contributed by atoms with Gasteiger partial charge in [-0.2, -0.15) is 0 Å². The predicted octanol–water partition coefficient (Wildman–Crippen LogP) is 3.21. The van der Waals surface area contributed by atoms with Gasteiger partial charge in [0.15, 0.2) is 0 Å². The average Bonchev–Trinajstić information content (AvgIpc) is 2.39. The number of halogens is 2. The van der Waals surface area contributed by atoms with Crippen molar-refractivity contribution < 1.29 is 4.74 Å². The highest BCUT2D eigenvalue weighted by Crippen LogP contribution is 2.35. The quantitative estimate of drug-likeness (QED) is 0.909. The molecule has 106 valence electrons. The summed E-state index contributed by atoms with van der Waals surface area (Å²) in [5.41, 5.74) is 7.45. The van der Waals surface area contributed by atoms with Crippen molar-refractivity contribution in [1.29, 1.82) is 0 Å². The number of hydrogen-bond donors (Lipinski definition) is 1. The Labute approximate surface area is 128 Å². The van der Waals surface area contributed by atoms with Gasteiger partial charge < -0.3 is 10.5 Å². The van der Waals surface area contributed by atoms with Crippen LogP contribution in [-0.4, -0.2) is 37.7 Å². The summed E-state index contributed by atoms with van der Waals surface area (Å²) in [6.07, 6.45) is 2.17. The van der Waals surface area contributed by atoms with E-state index in [0.717, 1.165) is 47.6 Å². The first kappa shape index (κ1) is 15.3. The molecule has 1 aromatic carbocycles. The Morgan fingerprint density at radius 3 is 3.05 bits per heavy atom. The number of methoxy groups -OCH3 is 1. The molecular formula is C14H20BrClN2O. The summed E-state index contributed by atoms with van der Waals surface area (Å²) in [4.78, 5) is 2.38. The highest BCUT2D eigenvalue weighted by Gasteiger charge is 2.31. The highest BCUT2D eigenvalue weighted by molar-refractivity contribution is 9.10. The van der Waals surface area contributed by atoms with Gasteiger partial charge in [-0.25, -0.2) is 0 Å². The first-order chi connectivity index (χ1) is 9.13. The van der Waals surface area contributed by atoms with Gasteiger partial charge in [0.2, 0.25) is 0 Å². The van der Waals surface area contributed by atoms with Crippen LogP contribution in [0.1, 0.15) is 24.4 Å². The zero-order chi connectivity index (χ0) is 13.8. The smallest absolute Gasteiger partial charge is 0.0589 e. The van der Waals surface area contributed by atoms with Gasteiger partial charge in [0.05, 0.1) is 12.6 Å². The van der Waals surface area contributed by atoms with E-state index in [1.807, 2.05) is 12.1 Å². The predicted molar refractivity (Wildman–Crippen MR) is 82.6 cm³/mol. The molecule has 19 heavy (non-hydrogen) atoms. The summed E-state index contributed by atoms with van der Waals surface area (Å²) in [6, 6.07) is 6.26. The van der Waals surface area contributed by atoms with Crippen molar-refractivity contribution in [3.63, 3.8) is 0 Å². The van der Waals surface area contributed by atoms with Crippen molar-refractivity contribution in [2.75, 3.05) is 26.8 Å². The number of likely N-dealkylation sites (tertiary alicyclic amines) is 1. The molecule has 0 aromatic heterocycles. The van der Waals surface area contributed by atoms with Crippen LogP contribution in [0.15, 0.2) is 22.7 Å². The van der Waals surface area contributed by atoms with Gasteiger partial charge in [0.1, 0.15) is 0 Å². The van der Waals surface area contributed by atoms with Gasteiger partial charge in [-0.3, -0.25) is 4.90 Å². The Morgan fingerprint density at radius 1 is 1.53 bits per heavy atom. The molecule has 3 nitrogen and oxygen atoms in total. The fourth-order valence-corrected chi connectivity index (χ4v) is 3.33. The minimum atomic E-state index is 0.123. The lowest BCUT2D eigenvalue weighted by molar-refractivity contribution is 0.0848. The minimum Gasteiger partial charge on any atom is -0.383 e. The summed E-state index contributed by atoms with van der Waals surface area (Å²) in [5, 5.41) is 0.785. The van der Waals surface area contributed by atoms with Crippen molar-refractivity contribution in [3.8, 4) is 0 Å². The van der Waals surface area contributed by atoms with Gasteiger partial charge in [-0.15, -0.1) is 0 Å². The molecule has 1 aliphatic rings. The second kappa shape index (κ2) is 7.04. The average molecular weight is 348 g/mol. The van der Waals surface area contributed by atoms with Gasteiger partial charge in [-0.1, -0.05) is 27.5 Å². The number of ether oxygens (including phenoxy) is 1. The molecular weight excluding hydrogens is 328 g/mol. The van der Waals surface area contributed by atoms with Crippen LogP contribution in [0.3, 0.4) is 0 Å². The molecule has 2 rings (SSSR count). The molecule has 1 aliphatic heterocycles. The van der Waals surface area contributed by atoms with Crippen LogP contribution in [0, 0.1) is 0 Å². The highest BCUT2D eigenvalue weighted by atomic mass is 79.9. The number of rotatable bonds is 4. The van der Waals surface area contributed by atoms with Gasteiger partial charge in [0, 0.05) is 29.2 Å². The Bertz CT molecular complexity index is 430. The molecule has 1 saturated heterocycles. The summed E-state index contributed by atoms with van der Waals surface area (Å²) in [5.74, 6) is 0. The Morgan fingerprint density at radius 2 is 2.32 bits per heavy atom. The van der Waals surface area contributed by atoms with Crippen molar-refractivity contribution in [3.05, 3.63) is 33.3 Å². The van der Waals surface area contributed by atoms with E-state index in [1.165, 1.54) is 0 Å². The molecule has 1 aromatic rings. The number of nitrogens with zero attached hydrogens (tertiary/aromatic N) is 1. The van der Waals surface area contributed by atoms with Crippen LogP contribution in [0.4, 0.5) is 0 Å². The van der Waals surface area contributed by atoms with Crippen LogP contribution < -0.4 is 5.73 Å². The molecule has 0 bridgehead atoms. The maximum absolute atomic E-state index is 6.36. The molecule has 0 aliphatic carbocycles. The Kier molecular flexibility index (Phi) is 5.66. The largest absolute Gasteiger partial charge is 0.383 e. The SMILES string of the molecule is COCCN1CCCC(N)C1c1cc(Br)ccc1Cl. The van der Waals surface area contributed by atoms with Crippen LogP contribution in [0.5, 0.6) is 0 Å². The van der Waals surface area contributed by atoms with Gasteiger partial charge in [-0.05, 0) is 43.1 Å². The topological polar surface area (TPSA) is 38.5 Å². The first-order valence-electron chi connectivity index (χ1n) is 6.57. The van der Waals surface area contributed by atoms with E-state index in [9.17, 15) is 0 Å². The van der Waals surface area contributed by atoms with Gasteiger partial charge >= 0.3 is 0 Å². The zero-order valence-electron chi connectivity index (χ0n) is 11.1. The van der Waals surface area contributed by atoms with E-state index in [0.29, 0.717) is 0 Å². The van der Waals surface area contributed by atoms with Crippen LogP contribution in [0.25, 0.3) is 0 Å². The lowest BCUT2D eigenvalue weighted by Crippen LogP contribution is -2.47. The van der Waals surface area contributed by atoms with E-state index in [2.05, 4.69) is 26.9 Å². The molecule has 2 unspecified atom stereocenters. The summed E-state index contributed by atoms with van der Waals surface area (Å²) < 4.78 is 6.23. The molecule has 5 heteroatoms. The molecule has 0 amide bonds. The fourth-order valence-electron chi connectivity index (χ4n) is 2.73. The second-order valence-electron chi connectivity index (χ2n) is 4.95. The summed E-state index contributed by atoms with van der Waals surface area (Å²) in [7, 11) is 1.73.